The standard InChI is InChI=1S/C24H32N6OS3/c1-5-7-9-20-16-26-23(33-20)21-17(3)29-24(27-15-19-10-8-13-32-19)30-22(21)25-12-11-18(6-2)14-28-34(4)31/h5,7-10,13,16,18,28H,1,6,11-12,14-15H2,2-4H3,(H2,25,27,29,30)/b9-7-. The largest absolute Gasteiger partial charge is 0.369 e. The second-order valence-electron chi connectivity index (χ2n) is 7.74. The third kappa shape index (κ3) is 7.83. The molecule has 0 fully saturated rings. The van der Waals surface area contributed by atoms with Crippen molar-refractivity contribution in [3.63, 3.8) is 0 Å². The molecule has 7 nitrogen and oxygen atoms in total. The Morgan fingerprint density at radius 3 is 2.85 bits per heavy atom. The minimum absolute atomic E-state index is 0.426. The van der Waals surface area contributed by atoms with E-state index in [0.717, 1.165) is 52.9 Å². The molecular formula is C24H32N6OS3. The van der Waals surface area contributed by atoms with Gasteiger partial charge in [0.25, 0.3) is 0 Å². The fourth-order valence-electron chi connectivity index (χ4n) is 3.34. The van der Waals surface area contributed by atoms with Crippen molar-refractivity contribution in [2.45, 2.75) is 33.2 Å². The zero-order valence-corrected chi connectivity index (χ0v) is 22.3. The van der Waals surface area contributed by atoms with Gasteiger partial charge in [-0.3, -0.25) is 0 Å². The molecule has 3 aromatic rings. The smallest absolute Gasteiger partial charge is 0.225 e. The summed E-state index contributed by atoms with van der Waals surface area (Å²) in [5.41, 5.74) is 1.79. The maximum atomic E-state index is 11.4. The van der Waals surface area contributed by atoms with E-state index < -0.39 is 11.0 Å². The van der Waals surface area contributed by atoms with Crippen LogP contribution in [0, 0.1) is 12.8 Å². The van der Waals surface area contributed by atoms with Gasteiger partial charge >= 0.3 is 0 Å². The van der Waals surface area contributed by atoms with Crippen LogP contribution in [0.3, 0.4) is 0 Å². The quantitative estimate of drug-likeness (QED) is 0.245. The fourth-order valence-corrected chi connectivity index (χ4v) is 5.38. The first-order valence-electron chi connectivity index (χ1n) is 11.2. The molecule has 10 heteroatoms. The van der Waals surface area contributed by atoms with E-state index in [2.05, 4.69) is 45.3 Å². The van der Waals surface area contributed by atoms with Crippen LogP contribution in [0.5, 0.6) is 0 Å². The molecule has 0 aliphatic heterocycles. The number of nitrogens with one attached hydrogen (secondary N) is 3. The highest BCUT2D eigenvalue weighted by Crippen LogP contribution is 2.34. The minimum atomic E-state index is -0.997. The van der Waals surface area contributed by atoms with Crippen LogP contribution in [0.1, 0.15) is 35.2 Å². The lowest BCUT2D eigenvalue weighted by atomic mass is 10.0. The Labute approximate surface area is 212 Å². The number of rotatable bonds is 14. The highest BCUT2D eigenvalue weighted by atomic mass is 32.2. The second-order valence-corrected chi connectivity index (χ2v) is 11.0. The third-order valence-corrected chi connectivity index (χ3v) is 7.65. The van der Waals surface area contributed by atoms with Gasteiger partial charge in [0.2, 0.25) is 5.95 Å². The molecule has 0 spiro atoms. The molecule has 3 N–H and O–H groups in total. The van der Waals surface area contributed by atoms with E-state index in [1.807, 2.05) is 31.3 Å². The van der Waals surface area contributed by atoms with Gasteiger partial charge in [-0.25, -0.2) is 18.9 Å². The monoisotopic (exact) mass is 516 g/mol. The summed E-state index contributed by atoms with van der Waals surface area (Å²) in [6.45, 7) is 10.0. The number of allylic oxidation sites excluding steroid dienone is 2. The van der Waals surface area contributed by atoms with Crippen molar-refractivity contribution < 1.29 is 4.21 Å². The van der Waals surface area contributed by atoms with Crippen LogP contribution in [-0.4, -0.2) is 38.5 Å². The number of anilines is 2. The third-order valence-electron chi connectivity index (χ3n) is 5.22. The molecule has 34 heavy (non-hydrogen) atoms. The summed E-state index contributed by atoms with van der Waals surface area (Å²) in [6, 6.07) is 4.13. The summed E-state index contributed by atoms with van der Waals surface area (Å²) in [7, 11) is -0.997. The van der Waals surface area contributed by atoms with E-state index in [9.17, 15) is 4.21 Å². The normalized spacial score (nSPS) is 13.1. The predicted octanol–water partition coefficient (Wildman–Crippen LogP) is 5.49. The fraction of sp³-hybridized carbons (Fsp3) is 0.375. The molecule has 3 rings (SSSR count). The van der Waals surface area contributed by atoms with E-state index in [4.69, 9.17) is 9.97 Å². The van der Waals surface area contributed by atoms with Crippen LogP contribution in [-0.2, 0) is 17.5 Å². The number of hydrogen-bond donors (Lipinski definition) is 3. The number of thiazole rings is 1. The molecule has 0 bridgehead atoms. The van der Waals surface area contributed by atoms with Crippen molar-refractivity contribution in [1.82, 2.24) is 19.7 Å². The summed E-state index contributed by atoms with van der Waals surface area (Å²) in [6.07, 6.45) is 11.1. The Kier molecular flexibility index (Phi) is 10.4. The van der Waals surface area contributed by atoms with Crippen molar-refractivity contribution in [2.24, 2.45) is 5.92 Å². The molecule has 2 atom stereocenters. The summed E-state index contributed by atoms with van der Waals surface area (Å²) in [4.78, 5) is 16.4. The molecule has 3 heterocycles. The molecule has 2 unspecified atom stereocenters. The number of thiophene rings is 1. The average Bonchev–Trinajstić information content (AvgIpc) is 3.50. The molecule has 0 radical (unpaired) electrons. The Morgan fingerprint density at radius 1 is 1.29 bits per heavy atom. The first kappa shape index (κ1) is 26.2. The lowest BCUT2D eigenvalue weighted by molar-refractivity contribution is 0.479. The Balaban J connectivity index is 1.81. The SMILES string of the molecule is C=C/C=C\c1cnc(-c2c(C)nc(NCc3cccs3)nc2NCCC(CC)CNS(C)=O)s1. The molecule has 0 saturated heterocycles. The molecule has 0 aliphatic carbocycles. The number of hydrogen-bond acceptors (Lipinski definition) is 8. The lowest BCUT2D eigenvalue weighted by Gasteiger charge is -2.17. The maximum absolute atomic E-state index is 11.4. The van der Waals surface area contributed by atoms with Gasteiger partial charge in [0.15, 0.2) is 0 Å². The van der Waals surface area contributed by atoms with Gasteiger partial charge in [-0.2, -0.15) is 4.98 Å². The van der Waals surface area contributed by atoms with E-state index >= 15 is 0 Å². The summed E-state index contributed by atoms with van der Waals surface area (Å²) in [5, 5.41) is 9.82. The van der Waals surface area contributed by atoms with Gasteiger partial charge in [0, 0.05) is 35.3 Å². The van der Waals surface area contributed by atoms with Crippen LogP contribution in [0.4, 0.5) is 11.8 Å². The van der Waals surface area contributed by atoms with Gasteiger partial charge in [0.1, 0.15) is 10.8 Å². The van der Waals surface area contributed by atoms with Gasteiger partial charge in [-0.05, 0) is 36.8 Å². The molecule has 0 saturated carbocycles. The minimum Gasteiger partial charge on any atom is -0.369 e. The molecule has 3 aromatic heterocycles. The number of aromatic nitrogens is 3. The van der Waals surface area contributed by atoms with Gasteiger partial charge in [0.05, 0.1) is 28.8 Å². The van der Waals surface area contributed by atoms with Crippen LogP contribution < -0.4 is 15.4 Å². The first-order chi connectivity index (χ1) is 16.5. The molecule has 0 aromatic carbocycles. The van der Waals surface area contributed by atoms with Gasteiger partial charge in [-0.1, -0.05) is 38.1 Å². The van der Waals surface area contributed by atoms with Crippen molar-refractivity contribution in [3.05, 3.63) is 57.9 Å². The van der Waals surface area contributed by atoms with E-state index in [1.165, 1.54) is 4.88 Å². The summed E-state index contributed by atoms with van der Waals surface area (Å²) >= 11 is 3.30. The second kappa shape index (κ2) is 13.5. The van der Waals surface area contributed by atoms with Crippen LogP contribution in [0.2, 0.25) is 0 Å². The lowest BCUT2D eigenvalue weighted by Crippen LogP contribution is -2.25. The van der Waals surface area contributed by atoms with Crippen LogP contribution in [0.25, 0.3) is 16.6 Å². The first-order valence-corrected chi connectivity index (χ1v) is 14.5. The maximum Gasteiger partial charge on any atom is 0.225 e. The van der Waals surface area contributed by atoms with Crippen molar-refractivity contribution in [2.75, 3.05) is 30.0 Å². The predicted molar refractivity (Wildman–Crippen MR) is 148 cm³/mol. The molecule has 0 amide bonds. The van der Waals surface area contributed by atoms with E-state index in [0.29, 0.717) is 18.4 Å². The Hall–Kier alpha value is -2.40. The molecular weight excluding hydrogens is 485 g/mol. The van der Waals surface area contributed by atoms with E-state index in [-0.39, 0.29) is 0 Å². The average molecular weight is 517 g/mol. The zero-order valence-electron chi connectivity index (χ0n) is 19.8. The van der Waals surface area contributed by atoms with Gasteiger partial charge < -0.3 is 10.6 Å². The van der Waals surface area contributed by atoms with Crippen LogP contribution in [0.15, 0.2) is 42.4 Å². The summed E-state index contributed by atoms with van der Waals surface area (Å²) < 4.78 is 14.4. The van der Waals surface area contributed by atoms with E-state index in [1.54, 1.807) is 35.0 Å². The van der Waals surface area contributed by atoms with Crippen molar-refractivity contribution in [1.29, 1.82) is 0 Å². The number of aryl methyl sites for hydroxylation is 1. The highest BCUT2D eigenvalue weighted by molar-refractivity contribution is 7.82. The molecule has 0 aliphatic rings. The van der Waals surface area contributed by atoms with Crippen LogP contribution >= 0.6 is 22.7 Å². The zero-order chi connectivity index (χ0) is 24.3. The molecule has 182 valence electrons. The van der Waals surface area contributed by atoms with Crippen molar-refractivity contribution >= 4 is 51.5 Å². The highest BCUT2D eigenvalue weighted by Gasteiger charge is 2.17. The Bertz CT molecular complexity index is 1110. The summed E-state index contributed by atoms with van der Waals surface area (Å²) in [5.74, 6) is 1.79. The number of nitrogens with zero attached hydrogens (tertiary/aromatic N) is 3. The Morgan fingerprint density at radius 2 is 2.15 bits per heavy atom. The topological polar surface area (TPSA) is 91.8 Å². The van der Waals surface area contributed by atoms with Gasteiger partial charge in [-0.15, -0.1) is 22.7 Å². The van der Waals surface area contributed by atoms with Crippen molar-refractivity contribution in [3.8, 4) is 10.6 Å².